The van der Waals surface area contributed by atoms with Crippen molar-refractivity contribution in [1.29, 1.82) is 0 Å². The predicted octanol–water partition coefficient (Wildman–Crippen LogP) is 1.82. The van der Waals surface area contributed by atoms with Gasteiger partial charge in [0, 0.05) is 6.20 Å². The van der Waals surface area contributed by atoms with Gasteiger partial charge < -0.3 is 0 Å². The molecule has 1 atom stereocenters. The number of hydrogen-bond donors (Lipinski definition) is 1. The Balaban J connectivity index is 2.89. The molecule has 0 saturated carbocycles. The van der Waals surface area contributed by atoms with E-state index in [1.807, 2.05) is 6.92 Å². The van der Waals surface area contributed by atoms with Crippen LogP contribution in [0.2, 0.25) is 5.15 Å². The van der Waals surface area contributed by atoms with Crippen molar-refractivity contribution in [1.82, 2.24) is 9.71 Å². The first kappa shape index (κ1) is 14.0. The highest BCUT2D eigenvalue weighted by Crippen LogP contribution is 2.11. The maximum absolute atomic E-state index is 11.9. The molecule has 0 aliphatic carbocycles. The third-order valence-corrected chi connectivity index (χ3v) is 3.77. The minimum absolute atomic E-state index is 0.0539. The number of sulfonamides is 1. The Labute approximate surface area is 106 Å². The maximum atomic E-state index is 11.9. The first-order valence-electron chi connectivity index (χ1n) is 5.09. The van der Waals surface area contributed by atoms with Crippen molar-refractivity contribution < 1.29 is 8.42 Å². The first-order valence-corrected chi connectivity index (χ1v) is 6.95. The number of nitrogens with one attached hydrogen (secondary N) is 1. The smallest absolute Gasteiger partial charge is 0.243 e. The van der Waals surface area contributed by atoms with Gasteiger partial charge in [0.1, 0.15) is 10.0 Å². The number of rotatable bonds is 5. The van der Waals surface area contributed by atoms with Gasteiger partial charge in [-0.3, -0.25) is 0 Å². The summed E-state index contributed by atoms with van der Waals surface area (Å²) in [5.74, 6) is 2.40. The van der Waals surface area contributed by atoms with Crippen LogP contribution >= 0.6 is 11.6 Å². The molecule has 0 amide bonds. The predicted molar refractivity (Wildman–Crippen MR) is 67.1 cm³/mol. The Hall–Kier alpha value is -1.09. The largest absolute Gasteiger partial charge is 0.243 e. The fourth-order valence-corrected chi connectivity index (χ4v) is 2.49. The van der Waals surface area contributed by atoms with Crippen molar-refractivity contribution in [2.45, 2.75) is 30.7 Å². The summed E-state index contributed by atoms with van der Waals surface area (Å²) in [4.78, 5) is 3.77. The van der Waals surface area contributed by atoms with Crippen LogP contribution in [0, 0.1) is 12.3 Å². The normalized spacial score (nSPS) is 13.0. The number of terminal acetylenes is 1. The van der Waals surface area contributed by atoms with E-state index in [1.165, 1.54) is 18.3 Å². The van der Waals surface area contributed by atoms with E-state index >= 15 is 0 Å². The third kappa shape index (κ3) is 4.00. The van der Waals surface area contributed by atoms with Crippen LogP contribution in [0.15, 0.2) is 23.2 Å². The van der Waals surface area contributed by atoms with Gasteiger partial charge in [0.25, 0.3) is 0 Å². The van der Waals surface area contributed by atoms with E-state index in [2.05, 4.69) is 15.6 Å². The molecule has 17 heavy (non-hydrogen) atoms. The molecule has 92 valence electrons. The molecule has 0 bridgehead atoms. The van der Waals surface area contributed by atoms with Crippen LogP contribution in [-0.2, 0) is 10.0 Å². The summed E-state index contributed by atoms with van der Waals surface area (Å²) >= 11 is 5.59. The fourth-order valence-electron chi connectivity index (χ4n) is 1.24. The zero-order valence-corrected chi connectivity index (χ0v) is 10.9. The molecule has 0 radical (unpaired) electrons. The molecule has 0 fully saturated rings. The van der Waals surface area contributed by atoms with Gasteiger partial charge in [-0.2, -0.15) is 4.72 Å². The minimum Gasteiger partial charge on any atom is -0.243 e. The molecule has 4 nitrogen and oxygen atoms in total. The summed E-state index contributed by atoms with van der Waals surface area (Å²) in [5.41, 5.74) is 0. The summed E-state index contributed by atoms with van der Waals surface area (Å²) < 4.78 is 26.2. The Morgan fingerprint density at radius 2 is 2.29 bits per heavy atom. The summed E-state index contributed by atoms with van der Waals surface area (Å²) in [7, 11) is -3.62. The van der Waals surface area contributed by atoms with E-state index in [9.17, 15) is 8.42 Å². The number of pyridine rings is 1. The van der Waals surface area contributed by atoms with Crippen molar-refractivity contribution in [3.63, 3.8) is 0 Å². The number of nitrogens with zero attached hydrogens (tertiary/aromatic N) is 1. The maximum Gasteiger partial charge on any atom is 0.243 e. The average Bonchev–Trinajstić information content (AvgIpc) is 2.28. The highest BCUT2D eigenvalue weighted by molar-refractivity contribution is 7.89. The lowest BCUT2D eigenvalue weighted by Crippen LogP contribution is -2.33. The van der Waals surface area contributed by atoms with Gasteiger partial charge in [0.15, 0.2) is 0 Å². The van der Waals surface area contributed by atoms with E-state index < -0.39 is 16.1 Å². The second kappa shape index (κ2) is 6.01. The standard InChI is InChI=1S/C11H13ClN2O2S/c1-3-5-9(4-2)14-17(15,16)10-6-7-11(12)13-8-10/h2,6-9,14H,3,5H2,1H3. The Morgan fingerprint density at radius 3 is 2.76 bits per heavy atom. The molecule has 1 aromatic rings. The molecule has 0 aliphatic heterocycles. The highest BCUT2D eigenvalue weighted by atomic mass is 35.5. The second-order valence-electron chi connectivity index (χ2n) is 3.45. The van der Waals surface area contributed by atoms with Crippen LogP contribution in [0.4, 0.5) is 0 Å². The second-order valence-corrected chi connectivity index (χ2v) is 5.55. The van der Waals surface area contributed by atoms with E-state index in [1.54, 1.807) is 0 Å². The van der Waals surface area contributed by atoms with E-state index in [-0.39, 0.29) is 10.0 Å². The van der Waals surface area contributed by atoms with Gasteiger partial charge in [-0.05, 0) is 18.6 Å². The van der Waals surface area contributed by atoms with Crippen LogP contribution < -0.4 is 4.72 Å². The molecule has 1 aromatic heterocycles. The Morgan fingerprint density at radius 1 is 1.59 bits per heavy atom. The molecule has 0 aromatic carbocycles. The molecule has 1 rings (SSSR count). The third-order valence-electron chi connectivity index (χ3n) is 2.09. The molecule has 6 heteroatoms. The lowest BCUT2D eigenvalue weighted by atomic mass is 10.2. The molecule has 0 spiro atoms. The SMILES string of the molecule is C#CC(CCC)NS(=O)(=O)c1ccc(Cl)nc1. The summed E-state index contributed by atoms with van der Waals surface area (Å²) in [5, 5.41) is 0.242. The van der Waals surface area contributed by atoms with Gasteiger partial charge in [0.2, 0.25) is 10.0 Å². The van der Waals surface area contributed by atoms with Crippen LogP contribution in [0.25, 0.3) is 0 Å². The van der Waals surface area contributed by atoms with Crippen molar-refractivity contribution in [2.24, 2.45) is 0 Å². The summed E-state index contributed by atoms with van der Waals surface area (Å²) in [6.07, 6.45) is 7.85. The zero-order chi connectivity index (χ0) is 12.9. The van der Waals surface area contributed by atoms with Crippen molar-refractivity contribution in [2.75, 3.05) is 0 Å². The number of aromatic nitrogens is 1. The molecule has 0 saturated heterocycles. The molecule has 1 unspecified atom stereocenters. The molecule has 1 heterocycles. The number of hydrogen-bond acceptors (Lipinski definition) is 3. The lowest BCUT2D eigenvalue weighted by Gasteiger charge is -2.12. The quantitative estimate of drug-likeness (QED) is 0.657. The monoisotopic (exact) mass is 272 g/mol. The Kier molecular flexibility index (Phi) is 4.94. The van der Waals surface area contributed by atoms with Crippen LogP contribution in [0.5, 0.6) is 0 Å². The zero-order valence-electron chi connectivity index (χ0n) is 9.35. The van der Waals surface area contributed by atoms with Gasteiger partial charge in [-0.15, -0.1) is 6.42 Å². The molecule has 1 N–H and O–H groups in total. The van der Waals surface area contributed by atoms with Crippen molar-refractivity contribution in [3.05, 3.63) is 23.5 Å². The van der Waals surface area contributed by atoms with Gasteiger partial charge >= 0.3 is 0 Å². The van der Waals surface area contributed by atoms with Crippen LogP contribution in [-0.4, -0.2) is 19.4 Å². The van der Waals surface area contributed by atoms with Crippen LogP contribution in [0.3, 0.4) is 0 Å². The topological polar surface area (TPSA) is 59.1 Å². The summed E-state index contributed by atoms with van der Waals surface area (Å²) in [6, 6.07) is 2.30. The number of halogens is 1. The van der Waals surface area contributed by atoms with Crippen molar-refractivity contribution >= 4 is 21.6 Å². The molecular formula is C11H13ClN2O2S. The van der Waals surface area contributed by atoms with Gasteiger partial charge in [-0.25, -0.2) is 13.4 Å². The first-order chi connectivity index (χ1) is 7.99. The van der Waals surface area contributed by atoms with Crippen molar-refractivity contribution in [3.8, 4) is 12.3 Å². The van der Waals surface area contributed by atoms with Gasteiger partial charge in [-0.1, -0.05) is 30.9 Å². The van der Waals surface area contributed by atoms with Gasteiger partial charge in [0.05, 0.1) is 6.04 Å². The van der Waals surface area contributed by atoms with E-state index in [0.717, 1.165) is 6.42 Å². The summed E-state index contributed by atoms with van der Waals surface area (Å²) in [6.45, 7) is 1.93. The molecular weight excluding hydrogens is 260 g/mol. The fraction of sp³-hybridized carbons (Fsp3) is 0.364. The van der Waals surface area contributed by atoms with E-state index in [0.29, 0.717) is 6.42 Å². The van der Waals surface area contributed by atoms with Crippen LogP contribution in [0.1, 0.15) is 19.8 Å². The minimum atomic E-state index is -3.62. The average molecular weight is 273 g/mol. The Bertz CT molecular complexity index is 505. The highest BCUT2D eigenvalue weighted by Gasteiger charge is 2.18. The lowest BCUT2D eigenvalue weighted by molar-refractivity contribution is 0.564. The molecule has 0 aliphatic rings. The van der Waals surface area contributed by atoms with E-state index in [4.69, 9.17) is 18.0 Å².